The van der Waals surface area contributed by atoms with Gasteiger partial charge in [-0.25, -0.2) is 0 Å². The van der Waals surface area contributed by atoms with E-state index in [1.165, 1.54) is 5.56 Å². The fourth-order valence-electron chi connectivity index (χ4n) is 2.30. The highest BCUT2D eigenvalue weighted by atomic mass is 35.5. The second-order valence-electron chi connectivity index (χ2n) is 5.08. The van der Waals surface area contributed by atoms with Crippen LogP contribution >= 0.6 is 23.2 Å². The Morgan fingerprint density at radius 3 is 2.50 bits per heavy atom. The Hall–Kier alpha value is -1.02. The van der Waals surface area contributed by atoms with Gasteiger partial charge >= 0.3 is 0 Å². The van der Waals surface area contributed by atoms with E-state index < -0.39 is 0 Å². The SMILES string of the molecule is NC(CCCc1ccccc1)Cc1cc(Cl)ccc1Cl. The molecule has 2 aromatic carbocycles. The molecule has 0 amide bonds. The van der Waals surface area contributed by atoms with Gasteiger partial charge in [-0.15, -0.1) is 0 Å². The first-order chi connectivity index (χ1) is 9.65. The molecule has 2 N–H and O–H groups in total. The first-order valence-corrected chi connectivity index (χ1v) is 7.64. The average Bonchev–Trinajstić information content (AvgIpc) is 2.44. The third-order valence-electron chi connectivity index (χ3n) is 3.37. The fraction of sp³-hybridized carbons (Fsp3) is 0.294. The zero-order valence-corrected chi connectivity index (χ0v) is 12.9. The number of rotatable bonds is 6. The molecule has 1 atom stereocenters. The summed E-state index contributed by atoms with van der Waals surface area (Å²) in [6, 6.07) is 16.1. The Bertz CT molecular complexity index is 540. The smallest absolute Gasteiger partial charge is 0.0439 e. The van der Waals surface area contributed by atoms with E-state index in [4.69, 9.17) is 28.9 Å². The fourth-order valence-corrected chi connectivity index (χ4v) is 2.69. The van der Waals surface area contributed by atoms with Gasteiger partial charge in [-0.3, -0.25) is 0 Å². The van der Waals surface area contributed by atoms with E-state index in [0.29, 0.717) is 5.02 Å². The number of hydrogen-bond donors (Lipinski definition) is 1. The van der Waals surface area contributed by atoms with Crippen molar-refractivity contribution in [3.05, 3.63) is 69.7 Å². The molecule has 0 aliphatic rings. The van der Waals surface area contributed by atoms with E-state index in [-0.39, 0.29) is 6.04 Å². The Morgan fingerprint density at radius 2 is 1.75 bits per heavy atom. The van der Waals surface area contributed by atoms with Crippen LogP contribution in [-0.4, -0.2) is 6.04 Å². The number of aryl methyl sites for hydroxylation is 1. The van der Waals surface area contributed by atoms with Crippen LogP contribution in [0.15, 0.2) is 48.5 Å². The van der Waals surface area contributed by atoms with Crippen molar-refractivity contribution in [3.8, 4) is 0 Å². The zero-order chi connectivity index (χ0) is 14.4. The minimum atomic E-state index is 0.120. The molecular formula is C17H19Cl2N. The number of hydrogen-bond acceptors (Lipinski definition) is 1. The van der Waals surface area contributed by atoms with Crippen molar-refractivity contribution in [3.63, 3.8) is 0 Å². The number of nitrogens with two attached hydrogens (primary N) is 1. The highest BCUT2D eigenvalue weighted by Gasteiger charge is 2.08. The molecule has 2 aromatic rings. The van der Waals surface area contributed by atoms with Crippen LogP contribution in [0, 0.1) is 0 Å². The lowest BCUT2D eigenvalue weighted by Crippen LogP contribution is -2.23. The molecule has 0 fully saturated rings. The van der Waals surface area contributed by atoms with E-state index in [9.17, 15) is 0 Å². The monoisotopic (exact) mass is 307 g/mol. The average molecular weight is 308 g/mol. The van der Waals surface area contributed by atoms with Crippen molar-refractivity contribution in [2.75, 3.05) is 0 Å². The van der Waals surface area contributed by atoms with Gasteiger partial charge in [0.2, 0.25) is 0 Å². The summed E-state index contributed by atoms with van der Waals surface area (Å²) >= 11 is 12.1. The molecule has 1 unspecified atom stereocenters. The summed E-state index contributed by atoms with van der Waals surface area (Å²) in [6.45, 7) is 0. The lowest BCUT2D eigenvalue weighted by atomic mass is 10.00. The second kappa shape index (κ2) is 7.68. The minimum Gasteiger partial charge on any atom is -0.327 e. The molecule has 0 saturated heterocycles. The molecule has 0 bridgehead atoms. The summed E-state index contributed by atoms with van der Waals surface area (Å²) in [6.07, 6.45) is 3.91. The molecular weight excluding hydrogens is 289 g/mol. The third kappa shape index (κ3) is 4.82. The molecule has 106 valence electrons. The van der Waals surface area contributed by atoms with Crippen molar-refractivity contribution in [1.82, 2.24) is 0 Å². The first kappa shape index (κ1) is 15.4. The lowest BCUT2D eigenvalue weighted by Gasteiger charge is -2.13. The maximum atomic E-state index is 6.19. The predicted molar refractivity (Wildman–Crippen MR) is 87.5 cm³/mol. The summed E-state index contributed by atoms with van der Waals surface area (Å²) in [5.41, 5.74) is 8.58. The summed E-state index contributed by atoms with van der Waals surface area (Å²) in [7, 11) is 0. The molecule has 0 aliphatic heterocycles. The van der Waals surface area contributed by atoms with Gasteiger partial charge in [0.25, 0.3) is 0 Å². The lowest BCUT2D eigenvalue weighted by molar-refractivity contribution is 0.580. The molecule has 2 rings (SSSR count). The van der Waals surface area contributed by atoms with Gasteiger partial charge in [0.15, 0.2) is 0 Å². The van der Waals surface area contributed by atoms with Gasteiger partial charge in [-0.2, -0.15) is 0 Å². The highest BCUT2D eigenvalue weighted by Crippen LogP contribution is 2.22. The van der Waals surface area contributed by atoms with Crippen LogP contribution in [0.3, 0.4) is 0 Å². The van der Waals surface area contributed by atoms with Crippen LogP contribution in [0.4, 0.5) is 0 Å². The molecule has 0 aliphatic carbocycles. The van der Waals surface area contributed by atoms with Gasteiger partial charge in [-0.1, -0.05) is 53.5 Å². The second-order valence-corrected chi connectivity index (χ2v) is 5.92. The summed E-state index contributed by atoms with van der Waals surface area (Å²) < 4.78 is 0. The molecule has 0 saturated carbocycles. The minimum absolute atomic E-state index is 0.120. The zero-order valence-electron chi connectivity index (χ0n) is 11.4. The van der Waals surface area contributed by atoms with Crippen molar-refractivity contribution in [2.24, 2.45) is 5.73 Å². The van der Waals surface area contributed by atoms with E-state index >= 15 is 0 Å². The predicted octanol–water partition coefficient (Wildman–Crippen LogP) is 4.89. The summed E-state index contributed by atoms with van der Waals surface area (Å²) in [5, 5.41) is 1.45. The molecule has 0 heterocycles. The molecule has 0 spiro atoms. The van der Waals surface area contributed by atoms with Gasteiger partial charge in [0, 0.05) is 16.1 Å². The molecule has 0 radical (unpaired) electrons. The van der Waals surface area contributed by atoms with E-state index in [2.05, 4.69) is 24.3 Å². The van der Waals surface area contributed by atoms with E-state index in [1.54, 1.807) is 6.07 Å². The van der Waals surface area contributed by atoms with Gasteiger partial charge in [0.1, 0.15) is 0 Å². The van der Waals surface area contributed by atoms with Crippen molar-refractivity contribution in [2.45, 2.75) is 31.7 Å². The highest BCUT2D eigenvalue weighted by molar-refractivity contribution is 6.33. The largest absolute Gasteiger partial charge is 0.327 e. The summed E-state index contributed by atoms with van der Waals surface area (Å²) in [5.74, 6) is 0. The van der Waals surface area contributed by atoms with Crippen molar-refractivity contribution < 1.29 is 0 Å². The Labute approximate surface area is 130 Å². The van der Waals surface area contributed by atoms with Gasteiger partial charge in [-0.05, 0) is 55.0 Å². The van der Waals surface area contributed by atoms with Gasteiger partial charge in [0.05, 0.1) is 0 Å². The number of halogens is 2. The summed E-state index contributed by atoms with van der Waals surface area (Å²) in [4.78, 5) is 0. The Kier molecular flexibility index (Phi) is 5.90. The molecule has 0 aromatic heterocycles. The topological polar surface area (TPSA) is 26.0 Å². The Balaban J connectivity index is 1.80. The number of benzene rings is 2. The molecule has 20 heavy (non-hydrogen) atoms. The van der Waals surface area contributed by atoms with E-state index in [1.807, 2.05) is 18.2 Å². The maximum absolute atomic E-state index is 6.19. The van der Waals surface area contributed by atoms with E-state index in [0.717, 1.165) is 36.3 Å². The maximum Gasteiger partial charge on any atom is 0.0439 e. The van der Waals surface area contributed by atoms with Crippen LogP contribution in [0.2, 0.25) is 10.0 Å². The van der Waals surface area contributed by atoms with Crippen LogP contribution in [0.5, 0.6) is 0 Å². The van der Waals surface area contributed by atoms with Crippen LogP contribution in [0.1, 0.15) is 24.0 Å². The quantitative estimate of drug-likeness (QED) is 0.808. The van der Waals surface area contributed by atoms with Gasteiger partial charge < -0.3 is 5.73 Å². The van der Waals surface area contributed by atoms with Crippen LogP contribution < -0.4 is 5.73 Å². The standard InChI is InChI=1S/C17H19Cl2N/c18-15-9-10-17(19)14(11-15)12-16(20)8-4-7-13-5-2-1-3-6-13/h1-3,5-6,9-11,16H,4,7-8,12,20H2. The molecule has 1 nitrogen and oxygen atoms in total. The molecule has 3 heteroatoms. The normalized spacial score (nSPS) is 12.3. The van der Waals surface area contributed by atoms with Crippen molar-refractivity contribution in [1.29, 1.82) is 0 Å². The van der Waals surface area contributed by atoms with Crippen LogP contribution in [0.25, 0.3) is 0 Å². The van der Waals surface area contributed by atoms with Crippen molar-refractivity contribution >= 4 is 23.2 Å². The third-order valence-corrected chi connectivity index (χ3v) is 3.98. The Morgan fingerprint density at radius 1 is 1.00 bits per heavy atom. The first-order valence-electron chi connectivity index (χ1n) is 6.88. The van der Waals surface area contributed by atoms with Crippen LogP contribution in [-0.2, 0) is 12.8 Å².